The molecule has 1 heterocycles. The number of nitrogens with one attached hydrogen (secondary N) is 1. The van der Waals surface area contributed by atoms with E-state index in [1.807, 2.05) is 17.5 Å². The molecule has 0 bridgehead atoms. The Bertz CT molecular complexity index is 694. The van der Waals surface area contributed by atoms with E-state index in [2.05, 4.69) is 4.72 Å². The molecule has 0 spiro atoms. The summed E-state index contributed by atoms with van der Waals surface area (Å²) in [6.45, 7) is 1.74. The summed E-state index contributed by atoms with van der Waals surface area (Å²) in [5.74, 6) is 0. The summed E-state index contributed by atoms with van der Waals surface area (Å²) in [4.78, 5) is 10.9. The number of non-ortho nitro benzene ring substituents is 1. The maximum absolute atomic E-state index is 12.1. The summed E-state index contributed by atoms with van der Waals surface area (Å²) >= 11 is 1.46. The van der Waals surface area contributed by atoms with Crippen molar-refractivity contribution in [2.45, 2.75) is 17.9 Å². The van der Waals surface area contributed by atoms with E-state index in [1.165, 1.54) is 35.6 Å². The lowest BCUT2D eigenvalue weighted by Gasteiger charge is -2.12. The normalized spacial score (nSPS) is 13.1. The zero-order chi connectivity index (χ0) is 14.8. The number of nitro groups is 1. The highest BCUT2D eigenvalue weighted by atomic mass is 32.2. The maximum Gasteiger partial charge on any atom is 0.269 e. The molecule has 0 aliphatic carbocycles. The topological polar surface area (TPSA) is 89.3 Å². The predicted octanol–water partition coefficient (Wildman–Crippen LogP) is 2.70. The highest BCUT2D eigenvalue weighted by Gasteiger charge is 2.19. The van der Waals surface area contributed by atoms with E-state index in [0.29, 0.717) is 0 Å². The van der Waals surface area contributed by atoms with Crippen molar-refractivity contribution >= 4 is 27.0 Å². The van der Waals surface area contributed by atoms with Crippen molar-refractivity contribution in [1.29, 1.82) is 0 Å². The van der Waals surface area contributed by atoms with Crippen LogP contribution >= 0.6 is 11.3 Å². The van der Waals surface area contributed by atoms with Crippen LogP contribution in [-0.4, -0.2) is 13.3 Å². The van der Waals surface area contributed by atoms with E-state index in [-0.39, 0.29) is 16.6 Å². The zero-order valence-electron chi connectivity index (χ0n) is 10.5. The zero-order valence-corrected chi connectivity index (χ0v) is 12.1. The molecule has 8 heteroatoms. The smallest absolute Gasteiger partial charge is 0.258 e. The summed E-state index contributed by atoms with van der Waals surface area (Å²) in [7, 11) is -3.69. The molecular weight excluding hydrogens is 300 g/mol. The van der Waals surface area contributed by atoms with Gasteiger partial charge in [0.2, 0.25) is 10.0 Å². The maximum atomic E-state index is 12.1. The third kappa shape index (κ3) is 3.21. The van der Waals surface area contributed by atoms with Crippen LogP contribution in [0.3, 0.4) is 0 Å². The number of sulfonamides is 1. The van der Waals surface area contributed by atoms with Crippen molar-refractivity contribution in [3.05, 3.63) is 56.8 Å². The van der Waals surface area contributed by atoms with Gasteiger partial charge in [0.05, 0.1) is 15.9 Å². The van der Waals surface area contributed by atoms with E-state index < -0.39 is 14.9 Å². The average Bonchev–Trinajstić information content (AvgIpc) is 2.92. The summed E-state index contributed by atoms with van der Waals surface area (Å²) in [5.41, 5.74) is -0.143. The second kappa shape index (κ2) is 5.70. The molecule has 1 N–H and O–H groups in total. The van der Waals surface area contributed by atoms with Gasteiger partial charge < -0.3 is 0 Å². The first-order chi connectivity index (χ1) is 9.40. The molecule has 0 unspecified atom stereocenters. The summed E-state index contributed by atoms with van der Waals surface area (Å²) in [5, 5.41) is 12.4. The Balaban J connectivity index is 2.20. The van der Waals surface area contributed by atoms with Gasteiger partial charge >= 0.3 is 0 Å². The van der Waals surface area contributed by atoms with Crippen molar-refractivity contribution in [2.24, 2.45) is 0 Å². The fourth-order valence-corrected chi connectivity index (χ4v) is 3.68. The molecule has 106 valence electrons. The van der Waals surface area contributed by atoms with E-state index in [4.69, 9.17) is 0 Å². The minimum absolute atomic E-state index is 0.00602. The molecule has 0 fully saturated rings. The largest absolute Gasteiger partial charge is 0.269 e. The number of hydrogen-bond acceptors (Lipinski definition) is 5. The third-order valence-corrected chi connectivity index (χ3v) is 5.27. The summed E-state index contributed by atoms with van der Waals surface area (Å²) in [6.07, 6.45) is 0. The van der Waals surface area contributed by atoms with Gasteiger partial charge in [-0.15, -0.1) is 11.3 Å². The van der Waals surface area contributed by atoms with Crippen LogP contribution in [0.2, 0.25) is 0 Å². The van der Waals surface area contributed by atoms with Gasteiger partial charge in [-0.1, -0.05) is 6.07 Å². The van der Waals surface area contributed by atoms with Crippen molar-refractivity contribution < 1.29 is 13.3 Å². The van der Waals surface area contributed by atoms with Gasteiger partial charge in [0, 0.05) is 17.0 Å². The molecule has 6 nitrogen and oxygen atoms in total. The number of nitro benzene ring substituents is 1. The predicted molar refractivity (Wildman–Crippen MR) is 76.2 cm³/mol. The van der Waals surface area contributed by atoms with Crippen molar-refractivity contribution in [2.75, 3.05) is 0 Å². The molecule has 0 saturated carbocycles. The molecule has 2 rings (SSSR count). The Labute approximate surface area is 120 Å². The average molecular weight is 312 g/mol. The Hall–Kier alpha value is -1.77. The van der Waals surface area contributed by atoms with Gasteiger partial charge in [0.15, 0.2) is 0 Å². The number of benzene rings is 1. The molecule has 2 aromatic rings. The van der Waals surface area contributed by atoms with Gasteiger partial charge in [-0.3, -0.25) is 10.1 Å². The van der Waals surface area contributed by atoms with Crippen LogP contribution < -0.4 is 4.72 Å². The van der Waals surface area contributed by atoms with Crippen molar-refractivity contribution in [3.8, 4) is 0 Å². The quantitative estimate of drug-likeness (QED) is 0.679. The van der Waals surface area contributed by atoms with E-state index >= 15 is 0 Å². The number of hydrogen-bond donors (Lipinski definition) is 1. The molecule has 0 saturated heterocycles. The fourth-order valence-electron chi connectivity index (χ4n) is 1.64. The molecule has 0 amide bonds. The molecule has 0 aliphatic heterocycles. The Morgan fingerprint density at radius 2 is 1.90 bits per heavy atom. The first kappa shape index (κ1) is 14.6. The molecule has 1 aromatic heterocycles. The number of rotatable bonds is 5. The van der Waals surface area contributed by atoms with E-state index in [0.717, 1.165) is 4.88 Å². The lowest BCUT2D eigenvalue weighted by molar-refractivity contribution is -0.384. The van der Waals surface area contributed by atoms with E-state index in [9.17, 15) is 18.5 Å². The van der Waals surface area contributed by atoms with Crippen LogP contribution in [0.15, 0.2) is 46.7 Å². The van der Waals surface area contributed by atoms with Crippen LogP contribution in [0.1, 0.15) is 17.8 Å². The fraction of sp³-hybridized carbons (Fsp3) is 0.167. The number of thiophene rings is 1. The second-order valence-electron chi connectivity index (χ2n) is 4.11. The van der Waals surface area contributed by atoms with Crippen LogP contribution in [0.5, 0.6) is 0 Å². The van der Waals surface area contributed by atoms with Crippen molar-refractivity contribution in [3.63, 3.8) is 0 Å². The van der Waals surface area contributed by atoms with Crippen molar-refractivity contribution in [1.82, 2.24) is 4.72 Å². The number of nitrogens with zero attached hydrogens (tertiary/aromatic N) is 1. The lowest BCUT2D eigenvalue weighted by atomic mass is 10.3. The molecular formula is C12H12N2O4S2. The van der Waals surface area contributed by atoms with Gasteiger partial charge in [-0.2, -0.15) is 0 Å². The highest BCUT2D eigenvalue weighted by molar-refractivity contribution is 7.89. The van der Waals surface area contributed by atoms with Crippen LogP contribution in [-0.2, 0) is 10.0 Å². The van der Waals surface area contributed by atoms with Crippen LogP contribution in [0.4, 0.5) is 5.69 Å². The first-order valence-electron chi connectivity index (χ1n) is 5.70. The molecule has 20 heavy (non-hydrogen) atoms. The lowest BCUT2D eigenvalue weighted by Crippen LogP contribution is -2.26. The minimum atomic E-state index is -3.69. The molecule has 1 aromatic carbocycles. The Morgan fingerprint density at radius 1 is 1.25 bits per heavy atom. The highest BCUT2D eigenvalue weighted by Crippen LogP contribution is 2.22. The van der Waals surface area contributed by atoms with Crippen LogP contribution in [0.25, 0.3) is 0 Å². The first-order valence-corrected chi connectivity index (χ1v) is 8.06. The summed E-state index contributed by atoms with van der Waals surface area (Å²) < 4.78 is 26.8. The van der Waals surface area contributed by atoms with Gasteiger partial charge in [0.1, 0.15) is 0 Å². The van der Waals surface area contributed by atoms with Gasteiger partial charge in [0.25, 0.3) is 5.69 Å². The van der Waals surface area contributed by atoms with Gasteiger partial charge in [-0.05, 0) is 30.5 Å². The van der Waals surface area contributed by atoms with E-state index in [1.54, 1.807) is 6.92 Å². The van der Waals surface area contributed by atoms with Gasteiger partial charge in [-0.25, -0.2) is 13.1 Å². The summed E-state index contributed by atoms with van der Waals surface area (Å²) in [6, 6.07) is 8.12. The Morgan fingerprint density at radius 3 is 2.40 bits per heavy atom. The molecule has 1 atom stereocenters. The Kier molecular flexibility index (Phi) is 4.17. The monoisotopic (exact) mass is 312 g/mol. The standard InChI is InChI=1S/C12H12N2O4S2/c1-9(12-3-2-8-19-12)13-20(17,18)11-6-4-10(5-7-11)14(15)16/h2-9,13H,1H3/t9-/m1/s1. The molecule has 0 aliphatic rings. The third-order valence-electron chi connectivity index (χ3n) is 2.66. The minimum Gasteiger partial charge on any atom is -0.258 e. The van der Waals surface area contributed by atoms with Crippen LogP contribution in [0, 0.1) is 10.1 Å². The molecule has 0 radical (unpaired) electrons. The second-order valence-corrected chi connectivity index (χ2v) is 6.80. The SMILES string of the molecule is C[C@@H](NS(=O)(=O)c1ccc([N+](=O)[O-])cc1)c1cccs1.